The number of benzene rings is 1. The van der Waals surface area contributed by atoms with Crippen LogP contribution in [0.1, 0.15) is 33.7 Å². The molecule has 8 nitrogen and oxygen atoms in total. The number of primary amides is 1. The van der Waals surface area contributed by atoms with E-state index in [0.717, 1.165) is 48.0 Å². The number of hydrogen-bond acceptors (Lipinski definition) is 6. The van der Waals surface area contributed by atoms with E-state index in [1.807, 2.05) is 35.7 Å². The molecule has 1 aliphatic rings. The van der Waals surface area contributed by atoms with Crippen LogP contribution in [0.3, 0.4) is 0 Å². The summed E-state index contributed by atoms with van der Waals surface area (Å²) in [4.78, 5) is 26.2. The monoisotopic (exact) mass is 413 g/mol. The zero-order chi connectivity index (χ0) is 21.4. The summed E-state index contributed by atoms with van der Waals surface area (Å²) in [7, 11) is 0. The lowest BCUT2D eigenvalue weighted by atomic mass is 10.1. The number of fused-ring (bicyclic) bond motifs is 2. The summed E-state index contributed by atoms with van der Waals surface area (Å²) in [5.74, 6) is 0.830. The van der Waals surface area contributed by atoms with E-state index in [1.165, 1.54) is 5.56 Å². The molecule has 1 aromatic carbocycles. The lowest BCUT2D eigenvalue weighted by Crippen LogP contribution is -2.18. The van der Waals surface area contributed by atoms with Crippen LogP contribution in [-0.4, -0.2) is 31.8 Å². The highest BCUT2D eigenvalue weighted by molar-refractivity contribution is 5.99. The second kappa shape index (κ2) is 7.71. The number of carbonyl (C=O) groups is 1. The van der Waals surface area contributed by atoms with Crippen LogP contribution in [0.4, 0.5) is 11.5 Å². The molecule has 4 heterocycles. The summed E-state index contributed by atoms with van der Waals surface area (Å²) >= 11 is 0. The van der Waals surface area contributed by atoms with Gasteiger partial charge >= 0.3 is 0 Å². The van der Waals surface area contributed by atoms with Gasteiger partial charge in [-0.15, -0.1) is 0 Å². The van der Waals surface area contributed by atoms with Gasteiger partial charge in [-0.05, 0) is 37.5 Å². The van der Waals surface area contributed by atoms with E-state index in [9.17, 15) is 4.79 Å². The van der Waals surface area contributed by atoms with Crippen molar-refractivity contribution < 1.29 is 4.79 Å². The average molecular weight is 413 g/mol. The maximum Gasteiger partial charge on any atom is 0.252 e. The molecular weight excluding hydrogens is 390 g/mol. The van der Waals surface area contributed by atoms with Gasteiger partial charge in [0.1, 0.15) is 11.3 Å². The molecule has 4 aromatic rings. The van der Waals surface area contributed by atoms with E-state index < -0.39 is 5.91 Å². The minimum absolute atomic E-state index is 0.374. The first kappa shape index (κ1) is 19.0. The molecule has 156 valence electrons. The fourth-order valence-corrected chi connectivity index (χ4v) is 4.00. The smallest absolute Gasteiger partial charge is 0.252 e. The quantitative estimate of drug-likeness (QED) is 0.464. The van der Waals surface area contributed by atoms with Crippen LogP contribution in [0.2, 0.25) is 0 Å². The van der Waals surface area contributed by atoms with Crippen molar-refractivity contribution in [3.05, 3.63) is 71.2 Å². The Morgan fingerprint density at radius 1 is 1.16 bits per heavy atom. The van der Waals surface area contributed by atoms with Crippen LogP contribution in [-0.2, 0) is 13.0 Å². The Morgan fingerprint density at radius 3 is 2.81 bits per heavy atom. The number of rotatable bonds is 5. The largest absolute Gasteiger partial charge is 0.381 e. The van der Waals surface area contributed by atoms with Gasteiger partial charge in [-0.25, -0.2) is 15.0 Å². The molecule has 0 saturated carbocycles. The van der Waals surface area contributed by atoms with Gasteiger partial charge in [0.15, 0.2) is 11.6 Å². The highest BCUT2D eigenvalue weighted by Gasteiger charge is 2.22. The van der Waals surface area contributed by atoms with E-state index in [1.54, 1.807) is 12.1 Å². The number of amides is 1. The molecule has 0 radical (unpaired) electrons. The summed E-state index contributed by atoms with van der Waals surface area (Å²) in [5.41, 5.74) is 11.0. The fraction of sp³-hybridized carbons (Fsp3) is 0.217. The maximum atomic E-state index is 11.9. The number of aromatic nitrogens is 4. The third-order valence-corrected chi connectivity index (χ3v) is 5.48. The summed E-state index contributed by atoms with van der Waals surface area (Å²) in [6.45, 7) is 3.45. The molecule has 0 spiro atoms. The Hall–Kier alpha value is -3.94. The Morgan fingerprint density at radius 2 is 2.00 bits per heavy atom. The summed E-state index contributed by atoms with van der Waals surface area (Å²) in [6.07, 6.45) is 3.75. The number of anilines is 2. The normalized spacial score (nSPS) is 12.9. The fourth-order valence-electron chi connectivity index (χ4n) is 4.00. The van der Waals surface area contributed by atoms with Crippen molar-refractivity contribution in [3.8, 4) is 11.5 Å². The molecule has 8 heteroatoms. The van der Waals surface area contributed by atoms with E-state index in [-0.39, 0.29) is 0 Å². The number of hydrogen-bond donors (Lipinski definition) is 3. The molecule has 0 unspecified atom stereocenters. The summed E-state index contributed by atoms with van der Waals surface area (Å²) < 4.78 is 1.84. The van der Waals surface area contributed by atoms with Gasteiger partial charge in [0.05, 0.1) is 22.6 Å². The Bertz CT molecular complexity index is 1280. The van der Waals surface area contributed by atoms with E-state index in [2.05, 4.69) is 27.8 Å². The number of nitrogens with zero attached hydrogens (tertiary/aromatic N) is 4. The number of nitrogens with one attached hydrogen (secondary N) is 2. The van der Waals surface area contributed by atoms with Gasteiger partial charge in [0, 0.05) is 19.3 Å². The molecule has 1 amide bonds. The molecule has 5 rings (SSSR count). The molecule has 0 atom stereocenters. The number of pyridine rings is 1. The Kier molecular flexibility index (Phi) is 4.74. The van der Waals surface area contributed by atoms with Crippen molar-refractivity contribution in [2.75, 3.05) is 17.2 Å². The van der Waals surface area contributed by atoms with Gasteiger partial charge in [0.25, 0.3) is 5.91 Å². The third-order valence-electron chi connectivity index (χ3n) is 5.48. The first-order valence-electron chi connectivity index (χ1n) is 10.3. The second-order valence-corrected chi connectivity index (χ2v) is 7.61. The van der Waals surface area contributed by atoms with Gasteiger partial charge < -0.3 is 16.4 Å². The molecule has 31 heavy (non-hydrogen) atoms. The molecule has 0 fully saturated rings. The highest BCUT2D eigenvalue weighted by atomic mass is 16.1. The third kappa shape index (κ3) is 3.46. The molecule has 3 aromatic heterocycles. The predicted molar refractivity (Wildman–Crippen MR) is 120 cm³/mol. The van der Waals surface area contributed by atoms with Gasteiger partial charge in [-0.1, -0.05) is 30.3 Å². The number of carbonyl (C=O) groups excluding carboxylic acids is 1. The first-order chi connectivity index (χ1) is 15.1. The summed E-state index contributed by atoms with van der Waals surface area (Å²) in [5, 5.41) is 6.92. The van der Waals surface area contributed by atoms with Crippen LogP contribution in [0.25, 0.3) is 17.2 Å². The molecular formula is C23H23N7O. The predicted octanol–water partition coefficient (Wildman–Crippen LogP) is 3.17. The van der Waals surface area contributed by atoms with Crippen molar-refractivity contribution in [1.82, 2.24) is 19.4 Å². The Labute approximate surface area is 179 Å². The highest BCUT2D eigenvalue weighted by Crippen LogP contribution is 2.32. The first-order valence-corrected chi connectivity index (χ1v) is 10.3. The topological polar surface area (TPSA) is 110 Å². The van der Waals surface area contributed by atoms with Gasteiger partial charge in [-0.2, -0.15) is 0 Å². The van der Waals surface area contributed by atoms with Gasteiger partial charge in [0.2, 0.25) is 0 Å². The molecule has 0 saturated heterocycles. The number of nitrogens with two attached hydrogens (primary N) is 1. The standard InChI is InChI=1S/C23H23N7O/c1-14-19(30-12-6-9-16(20(24)31)23(30)27-14)22-28-17-10-5-11-25-18(17)21(29-22)26-13-15-7-3-2-4-8-15/h2-4,6-9,12,25H,5,10-11,13H2,1H3,(H2,24,31)(H,26,28,29). The van der Waals surface area contributed by atoms with Crippen LogP contribution < -0.4 is 16.4 Å². The van der Waals surface area contributed by atoms with Crippen molar-refractivity contribution in [1.29, 1.82) is 0 Å². The molecule has 0 aliphatic carbocycles. The van der Waals surface area contributed by atoms with E-state index in [0.29, 0.717) is 23.6 Å². The number of imidazole rings is 1. The molecule has 0 bridgehead atoms. The second-order valence-electron chi connectivity index (χ2n) is 7.61. The Balaban J connectivity index is 1.62. The molecule has 1 aliphatic heterocycles. The average Bonchev–Trinajstić information content (AvgIpc) is 3.13. The minimum atomic E-state index is -0.511. The SMILES string of the molecule is Cc1nc2c(C(N)=O)cccn2c1-c1nc2c(c(NCc3ccccc3)n1)NCCC2. The van der Waals surface area contributed by atoms with Crippen molar-refractivity contribution in [3.63, 3.8) is 0 Å². The van der Waals surface area contributed by atoms with Crippen LogP contribution >= 0.6 is 0 Å². The zero-order valence-corrected chi connectivity index (χ0v) is 17.2. The van der Waals surface area contributed by atoms with Crippen molar-refractivity contribution in [2.24, 2.45) is 5.73 Å². The van der Waals surface area contributed by atoms with Crippen LogP contribution in [0, 0.1) is 6.92 Å². The van der Waals surface area contributed by atoms with E-state index >= 15 is 0 Å². The number of aryl methyl sites for hydroxylation is 2. The van der Waals surface area contributed by atoms with Crippen molar-refractivity contribution >= 4 is 23.1 Å². The summed E-state index contributed by atoms with van der Waals surface area (Å²) in [6, 6.07) is 13.7. The van der Waals surface area contributed by atoms with E-state index in [4.69, 9.17) is 15.7 Å². The minimum Gasteiger partial charge on any atom is -0.381 e. The van der Waals surface area contributed by atoms with Crippen LogP contribution in [0.15, 0.2) is 48.7 Å². The van der Waals surface area contributed by atoms with Gasteiger partial charge in [-0.3, -0.25) is 9.20 Å². The van der Waals surface area contributed by atoms with Crippen molar-refractivity contribution in [2.45, 2.75) is 26.3 Å². The maximum absolute atomic E-state index is 11.9. The molecule has 4 N–H and O–H groups in total. The van der Waals surface area contributed by atoms with Crippen LogP contribution in [0.5, 0.6) is 0 Å². The lowest BCUT2D eigenvalue weighted by molar-refractivity contribution is 0.100. The lowest BCUT2D eigenvalue weighted by Gasteiger charge is -2.21. The zero-order valence-electron chi connectivity index (χ0n) is 17.2.